The Morgan fingerprint density at radius 3 is 2.54 bits per heavy atom. The maximum absolute atomic E-state index is 12.4. The highest BCUT2D eigenvalue weighted by molar-refractivity contribution is 5.95. The third kappa shape index (κ3) is 3.27. The van der Waals surface area contributed by atoms with Crippen LogP contribution in [0.3, 0.4) is 0 Å². The summed E-state index contributed by atoms with van der Waals surface area (Å²) in [4.78, 5) is 17.0. The molecule has 0 bridgehead atoms. The van der Waals surface area contributed by atoms with Crippen molar-refractivity contribution in [3.05, 3.63) is 41.6 Å². The van der Waals surface area contributed by atoms with Crippen LogP contribution in [-0.4, -0.2) is 27.6 Å². The third-order valence-electron chi connectivity index (χ3n) is 4.33. The number of carbonyl (C=O) groups is 1. The van der Waals surface area contributed by atoms with Crippen molar-refractivity contribution in [2.75, 3.05) is 12.4 Å². The lowest BCUT2D eigenvalue weighted by Gasteiger charge is -2.19. The highest BCUT2D eigenvalue weighted by Gasteiger charge is 2.22. The van der Waals surface area contributed by atoms with Gasteiger partial charge in [-0.1, -0.05) is 32.9 Å². The van der Waals surface area contributed by atoms with Crippen molar-refractivity contribution in [3.8, 4) is 17.1 Å². The molecule has 0 aliphatic rings. The highest BCUT2D eigenvalue weighted by atomic mass is 16.5. The summed E-state index contributed by atoms with van der Waals surface area (Å²) in [7, 11) is 1.59. The Bertz CT molecular complexity index is 983. The number of imidazole rings is 1. The van der Waals surface area contributed by atoms with E-state index in [4.69, 9.17) is 4.74 Å². The number of nitrogens with one attached hydrogen (secondary N) is 1. The van der Waals surface area contributed by atoms with E-state index >= 15 is 0 Å². The molecule has 0 saturated carbocycles. The van der Waals surface area contributed by atoms with E-state index < -0.39 is 5.41 Å². The fourth-order valence-corrected chi connectivity index (χ4v) is 2.62. The number of hydrogen-bond acceptors (Lipinski definition) is 4. The van der Waals surface area contributed by atoms with Crippen molar-refractivity contribution in [2.24, 2.45) is 5.41 Å². The molecular weight excluding hydrogens is 328 g/mol. The number of amides is 1. The van der Waals surface area contributed by atoms with Gasteiger partial charge in [-0.2, -0.15) is 0 Å². The minimum absolute atomic E-state index is 0.0177. The maximum Gasteiger partial charge on any atom is 0.231 e. The number of rotatable bonds is 3. The first kappa shape index (κ1) is 17.9. The Morgan fingerprint density at radius 2 is 1.88 bits per heavy atom. The molecule has 3 aromatic rings. The maximum atomic E-state index is 12.4. The van der Waals surface area contributed by atoms with Gasteiger partial charge in [0.15, 0.2) is 5.65 Å². The number of hydrogen-bond donors (Lipinski definition) is 1. The molecule has 6 heteroatoms. The zero-order chi connectivity index (χ0) is 19.1. The van der Waals surface area contributed by atoms with Gasteiger partial charge in [-0.25, -0.2) is 9.50 Å². The molecule has 0 atom stereocenters. The molecule has 0 unspecified atom stereocenters. The van der Waals surface area contributed by atoms with Gasteiger partial charge in [0.2, 0.25) is 11.8 Å². The van der Waals surface area contributed by atoms with Gasteiger partial charge in [0.05, 0.1) is 18.5 Å². The topological polar surface area (TPSA) is 68.5 Å². The fraction of sp³-hybridized carbons (Fsp3) is 0.350. The molecular formula is C20H24N4O2. The van der Waals surface area contributed by atoms with Crippen LogP contribution in [0.25, 0.3) is 16.9 Å². The molecule has 0 saturated heterocycles. The van der Waals surface area contributed by atoms with Crippen molar-refractivity contribution in [3.63, 3.8) is 0 Å². The van der Waals surface area contributed by atoms with E-state index in [1.165, 1.54) is 0 Å². The summed E-state index contributed by atoms with van der Waals surface area (Å²) >= 11 is 0. The summed E-state index contributed by atoms with van der Waals surface area (Å²) in [6, 6.07) is 9.62. The van der Waals surface area contributed by atoms with E-state index in [9.17, 15) is 4.79 Å². The first-order chi connectivity index (χ1) is 12.2. The van der Waals surface area contributed by atoms with Gasteiger partial charge < -0.3 is 10.1 Å². The second-order valence-corrected chi connectivity index (χ2v) is 7.43. The average Bonchev–Trinajstić information content (AvgIpc) is 2.92. The lowest BCUT2D eigenvalue weighted by Crippen LogP contribution is -2.27. The van der Waals surface area contributed by atoms with Crippen molar-refractivity contribution in [2.45, 2.75) is 34.6 Å². The number of fused-ring (bicyclic) bond motifs is 1. The normalized spacial score (nSPS) is 11.6. The molecule has 1 aromatic carbocycles. The largest absolute Gasteiger partial charge is 0.480 e. The lowest BCUT2D eigenvalue weighted by atomic mass is 9.95. The number of benzene rings is 1. The zero-order valence-corrected chi connectivity index (χ0v) is 16.0. The van der Waals surface area contributed by atoms with Crippen LogP contribution in [0.4, 0.5) is 5.69 Å². The van der Waals surface area contributed by atoms with Crippen LogP contribution in [-0.2, 0) is 4.79 Å². The van der Waals surface area contributed by atoms with Crippen molar-refractivity contribution >= 4 is 17.2 Å². The molecule has 0 aliphatic heterocycles. The molecule has 0 fully saturated rings. The van der Waals surface area contributed by atoms with Crippen LogP contribution in [0.5, 0.6) is 5.88 Å². The number of anilines is 1. The molecule has 3 rings (SSSR count). The van der Waals surface area contributed by atoms with Crippen LogP contribution in [0, 0.1) is 19.3 Å². The van der Waals surface area contributed by atoms with Crippen molar-refractivity contribution in [1.29, 1.82) is 0 Å². The summed E-state index contributed by atoms with van der Waals surface area (Å²) in [6.45, 7) is 9.63. The standard InChI is InChI=1S/C20H24N4O2/c1-12-7-8-14(11-15(12)21-19(25)20(3,4)5)18-13(2)24-16(22-18)9-10-17(23-24)26-6/h7-11H,1-6H3,(H,21,25). The first-order valence-corrected chi connectivity index (χ1v) is 8.53. The third-order valence-corrected chi connectivity index (χ3v) is 4.33. The summed E-state index contributed by atoms with van der Waals surface area (Å²) in [5, 5.41) is 7.44. The number of nitrogens with zero attached hydrogens (tertiary/aromatic N) is 3. The first-order valence-electron chi connectivity index (χ1n) is 8.53. The van der Waals surface area contributed by atoms with Gasteiger partial charge in [-0.15, -0.1) is 5.10 Å². The Labute approximate surface area is 153 Å². The SMILES string of the molecule is COc1ccc2nc(-c3ccc(C)c(NC(=O)C(C)(C)C)c3)c(C)n2n1. The van der Waals surface area contributed by atoms with Crippen LogP contribution in [0.15, 0.2) is 30.3 Å². The molecule has 2 aromatic heterocycles. The van der Waals surface area contributed by atoms with Crippen LogP contribution in [0.2, 0.25) is 0 Å². The summed E-state index contributed by atoms with van der Waals surface area (Å²) in [5.41, 5.74) is 4.77. The molecule has 0 aliphatic carbocycles. The molecule has 1 N–H and O–H groups in total. The van der Waals surface area contributed by atoms with Gasteiger partial charge in [0.25, 0.3) is 0 Å². The molecule has 0 radical (unpaired) electrons. The summed E-state index contributed by atoms with van der Waals surface area (Å²) in [5.74, 6) is 0.516. The number of methoxy groups -OCH3 is 1. The Morgan fingerprint density at radius 1 is 1.15 bits per heavy atom. The minimum atomic E-state index is -0.456. The van der Waals surface area contributed by atoms with E-state index in [0.29, 0.717) is 5.88 Å². The number of carbonyl (C=O) groups excluding carboxylic acids is 1. The fourth-order valence-electron chi connectivity index (χ4n) is 2.62. The molecule has 136 valence electrons. The Balaban J connectivity index is 2.05. The van der Waals surface area contributed by atoms with E-state index in [0.717, 1.165) is 33.8 Å². The van der Waals surface area contributed by atoms with Gasteiger partial charge in [0, 0.05) is 22.7 Å². The monoisotopic (exact) mass is 352 g/mol. The Kier molecular flexibility index (Phi) is 4.44. The van der Waals surface area contributed by atoms with Crippen molar-refractivity contribution < 1.29 is 9.53 Å². The van der Waals surface area contributed by atoms with Gasteiger partial charge >= 0.3 is 0 Å². The number of aromatic nitrogens is 3. The quantitative estimate of drug-likeness (QED) is 0.773. The van der Waals surface area contributed by atoms with E-state index in [2.05, 4.69) is 15.4 Å². The highest BCUT2D eigenvalue weighted by Crippen LogP contribution is 2.29. The van der Waals surface area contributed by atoms with Crippen LogP contribution >= 0.6 is 0 Å². The number of ether oxygens (including phenoxy) is 1. The van der Waals surface area contributed by atoms with Crippen LogP contribution in [0.1, 0.15) is 32.0 Å². The summed E-state index contributed by atoms with van der Waals surface area (Å²) in [6.07, 6.45) is 0. The van der Waals surface area contributed by atoms with Gasteiger partial charge in [-0.3, -0.25) is 4.79 Å². The Hall–Kier alpha value is -2.89. The summed E-state index contributed by atoms with van der Waals surface area (Å²) < 4.78 is 6.96. The zero-order valence-electron chi connectivity index (χ0n) is 16.0. The minimum Gasteiger partial charge on any atom is -0.480 e. The molecule has 2 heterocycles. The van der Waals surface area contributed by atoms with Crippen molar-refractivity contribution in [1.82, 2.24) is 14.6 Å². The molecule has 26 heavy (non-hydrogen) atoms. The van der Waals surface area contributed by atoms with Crippen LogP contribution < -0.4 is 10.1 Å². The molecule has 0 spiro atoms. The second kappa shape index (κ2) is 6.44. The number of aryl methyl sites for hydroxylation is 2. The predicted molar refractivity (Wildman–Crippen MR) is 103 cm³/mol. The van der Waals surface area contributed by atoms with Gasteiger partial charge in [0.1, 0.15) is 0 Å². The van der Waals surface area contributed by atoms with Gasteiger partial charge in [-0.05, 0) is 31.5 Å². The molecule has 1 amide bonds. The van der Waals surface area contributed by atoms with E-state index in [1.807, 2.05) is 58.9 Å². The lowest BCUT2D eigenvalue weighted by molar-refractivity contribution is -0.123. The molecule has 6 nitrogen and oxygen atoms in total. The average molecular weight is 352 g/mol. The predicted octanol–water partition coefficient (Wildman–Crippen LogP) is 4.01. The smallest absolute Gasteiger partial charge is 0.231 e. The van der Waals surface area contributed by atoms with E-state index in [-0.39, 0.29) is 5.91 Å². The van der Waals surface area contributed by atoms with E-state index in [1.54, 1.807) is 17.7 Å². The second-order valence-electron chi connectivity index (χ2n) is 7.43.